The number of nitrogens with zero attached hydrogens (tertiary/aromatic N) is 1. The van der Waals surface area contributed by atoms with Crippen molar-refractivity contribution in [3.05, 3.63) is 29.8 Å². The zero-order valence-corrected chi connectivity index (χ0v) is 14.5. The van der Waals surface area contributed by atoms with E-state index in [9.17, 15) is 4.79 Å². The molecule has 2 rings (SSSR count). The van der Waals surface area contributed by atoms with Crippen LogP contribution in [0, 0.1) is 5.92 Å². The van der Waals surface area contributed by atoms with Crippen molar-refractivity contribution < 1.29 is 4.79 Å². The van der Waals surface area contributed by atoms with E-state index in [0.717, 1.165) is 18.7 Å². The highest BCUT2D eigenvalue weighted by atomic mass is 35.5. The quantitative estimate of drug-likeness (QED) is 0.903. The Hall–Kier alpha value is -0.710. The zero-order chi connectivity index (χ0) is 14.7. The summed E-state index contributed by atoms with van der Waals surface area (Å²) in [5.74, 6) is 1.55. The highest BCUT2D eigenvalue weighted by Crippen LogP contribution is 2.40. The van der Waals surface area contributed by atoms with Crippen LogP contribution in [0.2, 0.25) is 0 Å². The van der Waals surface area contributed by atoms with Crippen LogP contribution in [0.3, 0.4) is 0 Å². The average Bonchev–Trinajstić information content (AvgIpc) is 2.87. The molecule has 1 aromatic carbocycles. The van der Waals surface area contributed by atoms with Crippen LogP contribution in [0.5, 0.6) is 0 Å². The van der Waals surface area contributed by atoms with E-state index in [2.05, 4.69) is 26.0 Å². The maximum absolute atomic E-state index is 12.6. The van der Waals surface area contributed by atoms with Crippen molar-refractivity contribution in [1.29, 1.82) is 0 Å². The molecular weight excluding hydrogens is 304 g/mol. The lowest BCUT2D eigenvalue weighted by Gasteiger charge is -2.24. The molecule has 0 radical (unpaired) electrons. The lowest BCUT2D eigenvalue weighted by Crippen LogP contribution is -2.37. The Morgan fingerprint density at radius 3 is 2.76 bits per heavy atom. The molecule has 2 N–H and O–H groups in total. The molecule has 3 nitrogen and oxygen atoms in total. The van der Waals surface area contributed by atoms with E-state index < -0.39 is 0 Å². The molecule has 0 bridgehead atoms. The van der Waals surface area contributed by atoms with Crippen LogP contribution in [0.15, 0.2) is 29.2 Å². The molecule has 1 aliphatic rings. The first-order valence-electron chi connectivity index (χ1n) is 7.23. The average molecular weight is 329 g/mol. The van der Waals surface area contributed by atoms with Crippen molar-refractivity contribution in [2.75, 3.05) is 19.3 Å². The first-order valence-corrected chi connectivity index (χ1v) is 8.21. The van der Waals surface area contributed by atoms with Gasteiger partial charge in [-0.2, -0.15) is 0 Å². The second kappa shape index (κ2) is 8.06. The van der Waals surface area contributed by atoms with E-state index in [0.29, 0.717) is 5.92 Å². The predicted molar refractivity (Wildman–Crippen MR) is 92.2 cm³/mol. The Morgan fingerprint density at radius 1 is 1.43 bits per heavy atom. The van der Waals surface area contributed by atoms with Gasteiger partial charge in [0.2, 0.25) is 5.91 Å². The third kappa shape index (κ3) is 4.38. The maximum Gasteiger partial charge on any atom is 0.230 e. The van der Waals surface area contributed by atoms with E-state index in [1.54, 1.807) is 11.8 Å². The Kier molecular flexibility index (Phi) is 7.04. The number of amides is 1. The minimum absolute atomic E-state index is 0. The van der Waals surface area contributed by atoms with Crippen molar-refractivity contribution >= 4 is 30.1 Å². The molecule has 1 heterocycles. The monoisotopic (exact) mass is 328 g/mol. The Balaban J connectivity index is 0.00000220. The van der Waals surface area contributed by atoms with Gasteiger partial charge in [-0.15, -0.1) is 24.2 Å². The summed E-state index contributed by atoms with van der Waals surface area (Å²) in [6.45, 7) is 4.98. The molecular formula is C16H25ClN2OS. The summed E-state index contributed by atoms with van der Waals surface area (Å²) < 4.78 is 0. The molecule has 0 aliphatic carbocycles. The zero-order valence-electron chi connectivity index (χ0n) is 12.9. The molecule has 21 heavy (non-hydrogen) atoms. The van der Waals surface area contributed by atoms with Crippen LogP contribution >= 0.6 is 24.2 Å². The van der Waals surface area contributed by atoms with Crippen LogP contribution in [-0.2, 0) is 4.79 Å². The Labute approximate surface area is 138 Å². The number of nitrogens with two attached hydrogens (primary N) is 1. The van der Waals surface area contributed by atoms with Gasteiger partial charge in [0, 0.05) is 30.3 Å². The first-order chi connectivity index (χ1) is 9.50. The number of hydrogen-bond acceptors (Lipinski definition) is 3. The van der Waals surface area contributed by atoms with Crippen molar-refractivity contribution in [2.45, 2.75) is 37.1 Å². The van der Waals surface area contributed by atoms with Gasteiger partial charge in [-0.25, -0.2) is 0 Å². The molecule has 1 aromatic rings. The number of halogens is 1. The highest BCUT2D eigenvalue weighted by Gasteiger charge is 2.30. The number of carbonyl (C=O) groups excluding carboxylic acids is 1. The van der Waals surface area contributed by atoms with Gasteiger partial charge in [0.05, 0.1) is 5.92 Å². The summed E-state index contributed by atoms with van der Waals surface area (Å²) >= 11 is 1.78. The van der Waals surface area contributed by atoms with E-state index in [1.807, 2.05) is 24.1 Å². The van der Waals surface area contributed by atoms with Gasteiger partial charge in [0.15, 0.2) is 0 Å². The molecule has 118 valence electrons. The molecule has 5 heteroatoms. The largest absolute Gasteiger partial charge is 0.345 e. The molecule has 1 aliphatic heterocycles. The highest BCUT2D eigenvalue weighted by molar-refractivity contribution is 7.99. The number of thioether (sulfide) groups is 1. The number of fused-ring (bicyclic) bond motifs is 1. The smallest absolute Gasteiger partial charge is 0.230 e. The van der Waals surface area contributed by atoms with Crippen LogP contribution in [0.25, 0.3) is 0 Å². The van der Waals surface area contributed by atoms with Gasteiger partial charge in [-0.1, -0.05) is 32.0 Å². The summed E-state index contributed by atoms with van der Waals surface area (Å²) in [4.78, 5) is 15.7. The van der Waals surface area contributed by atoms with Crippen molar-refractivity contribution in [3.8, 4) is 0 Å². The Morgan fingerprint density at radius 2 is 2.10 bits per heavy atom. The topological polar surface area (TPSA) is 46.3 Å². The fourth-order valence-electron chi connectivity index (χ4n) is 2.42. The maximum atomic E-state index is 12.6. The minimum Gasteiger partial charge on any atom is -0.345 e. The van der Waals surface area contributed by atoms with Crippen LogP contribution in [0.1, 0.15) is 31.7 Å². The van der Waals surface area contributed by atoms with Crippen molar-refractivity contribution in [2.24, 2.45) is 11.7 Å². The number of benzene rings is 1. The summed E-state index contributed by atoms with van der Waals surface area (Å²) in [6.07, 6.45) is 0.863. The summed E-state index contributed by atoms with van der Waals surface area (Å²) in [5, 5.41) is 0. The van der Waals surface area contributed by atoms with Crippen LogP contribution < -0.4 is 5.73 Å². The third-order valence-corrected chi connectivity index (χ3v) is 5.21. The first kappa shape index (κ1) is 18.3. The summed E-state index contributed by atoms with van der Waals surface area (Å²) in [5.41, 5.74) is 7.24. The standard InChI is InChI=1S/C16H24N2OS.ClH/c1-11(2)14(17)8-9-18(3)16(19)13-10-20-15-7-5-4-6-12(13)15;/h4-7,11,13-14H,8-10,17H2,1-3H3;1H. The van der Waals surface area contributed by atoms with E-state index in [4.69, 9.17) is 5.73 Å². The summed E-state index contributed by atoms with van der Waals surface area (Å²) in [6, 6.07) is 8.38. The van der Waals surface area contributed by atoms with Gasteiger partial charge in [0.25, 0.3) is 0 Å². The minimum atomic E-state index is 0. The molecule has 0 saturated heterocycles. The molecule has 0 aromatic heterocycles. The molecule has 0 saturated carbocycles. The fraction of sp³-hybridized carbons (Fsp3) is 0.562. The van der Waals surface area contributed by atoms with E-state index >= 15 is 0 Å². The SMILES string of the molecule is CC(C)C(N)CCN(C)C(=O)C1CSc2ccccc21.Cl. The van der Waals surface area contributed by atoms with Crippen LogP contribution in [-0.4, -0.2) is 36.2 Å². The second-order valence-corrected chi connectivity index (χ2v) is 6.92. The number of rotatable bonds is 5. The summed E-state index contributed by atoms with van der Waals surface area (Å²) in [7, 11) is 1.89. The van der Waals surface area contributed by atoms with Gasteiger partial charge in [0.1, 0.15) is 0 Å². The van der Waals surface area contributed by atoms with E-state index in [-0.39, 0.29) is 30.3 Å². The van der Waals surface area contributed by atoms with E-state index in [1.165, 1.54) is 10.5 Å². The Bertz CT molecular complexity index is 481. The molecule has 2 atom stereocenters. The van der Waals surface area contributed by atoms with Gasteiger partial charge in [-0.3, -0.25) is 4.79 Å². The number of likely N-dealkylation sites (N-methyl/N-ethyl adjacent to an activating group) is 1. The normalized spacial score (nSPS) is 18.0. The molecule has 0 fully saturated rings. The molecule has 1 amide bonds. The number of hydrogen-bond donors (Lipinski definition) is 1. The second-order valence-electron chi connectivity index (χ2n) is 5.86. The van der Waals surface area contributed by atoms with Gasteiger partial charge in [-0.05, 0) is 24.0 Å². The van der Waals surface area contributed by atoms with Crippen LogP contribution in [0.4, 0.5) is 0 Å². The fourth-order valence-corrected chi connectivity index (χ4v) is 3.64. The van der Waals surface area contributed by atoms with Gasteiger partial charge >= 0.3 is 0 Å². The van der Waals surface area contributed by atoms with Crippen molar-refractivity contribution in [3.63, 3.8) is 0 Å². The predicted octanol–water partition coefficient (Wildman–Crippen LogP) is 3.13. The van der Waals surface area contributed by atoms with Gasteiger partial charge < -0.3 is 10.6 Å². The lowest BCUT2D eigenvalue weighted by atomic mass is 9.99. The molecule has 2 unspecified atom stereocenters. The number of carbonyl (C=O) groups is 1. The molecule has 0 spiro atoms. The third-order valence-electron chi connectivity index (χ3n) is 4.03. The lowest BCUT2D eigenvalue weighted by molar-refractivity contribution is -0.131. The van der Waals surface area contributed by atoms with Crippen molar-refractivity contribution in [1.82, 2.24) is 4.90 Å².